The van der Waals surface area contributed by atoms with Crippen molar-refractivity contribution in [2.45, 2.75) is 45.4 Å². The van der Waals surface area contributed by atoms with Gasteiger partial charge in [0.2, 0.25) is 0 Å². The molecule has 1 saturated carbocycles. The van der Waals surface area contributed by atoms with Gasteiger partial charge in [-0.05, 0) is 25.2 Å². The molecule has 1 fully saturated rings. The van der Waals surface area contributed by atoms with Gasteiger partial charge in [0.15, 0.2) is 0 Å². The molecule has 0 aromatic rings. The van der Waals surface area contributed by atoms with Crippen LogP contribution >= 0.6 is 0 Å². The molecule has 0 atom stereocenters. The number of Topliss-reactive ketones (excluding diaryl/α,β-unsaturated/α-hetero) is 1. The van der Waals surface area contributed by atoms with Gasteiger partial charge < -0.3 is 0 Å². The van der Waals surface area contributed by atoms with Crippen molar-refractivity contribution < 1.29 is 4.79 Å². The Hall–Kier alpha value is -0.330. The predicted molar refractivity (Wildman–Crippen MR) is 41.6 cm³/mol. The number of hydrogen-bond acceptors (Lipinski definition) is 1. The van der Waals surface area contributed by atoms with Gasteiger partial charge in [0.25, 0.3) is 0 Å². The second kappa shape index (κ2) is 3.75. The zero-order valence-electron chi connectivity index (χ0n) is 6.65. The van der Waals surface area contributed by atoms with Crippen LogP contribution < -0.4 is 0 Å². The van der Waals surface area contributed by atoms with Crippen molar-refractivity contribution in [1.29, 1.82) is 0 Å². The second-order valence-corrected chi connectivity index (χ2v) is 3.07. The van der Waals surface area contributed by atoms with Gasteiger partial charge in [0.1, 0.15) is 5.78 Å². The third-order valence-corrected chi connectivity index (χ3v) is 2.04. The topological polar surface area (TPSA) is 17.1 Å². The summed E-state index contributed by atoms with van der Waals surface area (Å²) in [5.41, 5.74) is 0. The SMILES string of the molecule is CCC[C]1CCCC(=O)C1. The minimum absolute atomic E-state index is 0.453. The Balaban J connectivity index is 2.25. The molecule has 0 saturated heterocycles. The molecule has 0 N–H and O–H groups in total. The van der Waals surface area contributed by atoms with E-state index >= 15 is 0 Å². The second-order valence-electron chi connectivity index (χ2n) is 3.07. The maximum Gasteiger partial charge on any atom is 0.133 e. The summed E-state index contributed by atoms with van der Waals surface area (Å²) in [6.45, 7) is 2.17. The lowest BCUT2D eigenvalue weighted by Gasteiger charge is -2.18. The van der Waals surface area contributed by atoms with Crippen molar-refractivity contribution >= 4 is 5.78 Å². The molecule has 0 aliphatic heterocycles. The summed E-state index contributed by atoms with van der Waals surface area (Å²) >= 11 is 0. The van der Waals surface area contributed by atoms with E-state index in [1.165, 1.54) is 25.2 Å². The zero-order valence-corrected chi connectivity index (χ0v) is 6.65. The molecule has 0 amide bonds. The first-order valence-corrected chi connectivity index (χ1v) is 4.18. The molecule has 1 heteroatoms. The van der Waals surface area contributed by atoms with Crippen molar-refractivity contribution in [3.05, 3.63) is 5.92 Å². The van der Waals surface area contributed by atoms with Crippen LogP contribution in [0.15, 0.2) is 0 Å². The van der Waals surface area contributed by atoms with Crippen LogP contribution in [0.3, 0.4) is 0 Å². The van der Waals surface area contributed by atoms with Crippen LogP contribution in [0.25, 0.3) is 0 Å². The molecule has 1 rings (SSSR count). The van der Waals surface area contributed by atoms with Gasteiger partial charge in [0, 0.05) is 12.8 Å². The van der Waals surface area contributed by atoms with Gasteiger partial charge in [-0.25, -0.2) is 0 Å². The third-order valence-electron chi connectivity index (χ3n) is 2.04. The molecule has 0 bridgehead atoms. The highest BCUT2D eigenvalue weighted by Gasteiger charge is 2.18. The summed E-state index contributed by atoms with van der Waals surface area (Å²) in [6.07, 6.45) is 6.29. The fraction of sp³-hybridized carbons (Fsp3) is 0.778. The number of carbonyl (C=O) groups is 1. The Morgan fingerprint density at radius 1 is 1.40 bits per heavy atom. The normalized spacial score (nSPS) is 21.5. The van der Waals surface area contributed by atoms with E-state index in [9.17, 15) is 4.79 Å². The standard InChI is InChI=1S/C9H15O/c1-2-4-8-5-3-6-9(10)7-8/h2-7H2,1H3. The van der Waals surface area contributed by atoms with E-state index in [-0.39, 0.29) is 0 Å². The fourth-order valence-corrected chi connectivity index (χ4v) is 1.56. The van der Waals surface area contributed by atoms with Crippen molar-refractivity contribution in [3.8, 4) is 0 Å². The lowest BCUT2D eigenvalue weighted by atomic mass is 9.85. The molecule has 0 spiro atoms. The molecule has 0 unspecified atom stereocenters. The molecule has 1 nitrogen and oxygen atoms in total. The molecule has 1 aliphatic rings. The molecule has 57 valence electrons. The summed E-state index contributed by atoms with van der Waals surface area (Å²) < 4.78 is 0. The van der Waals surface area contributed by atoms with Crippen molar-refractivity contribution in [2.75, 3.05) is 0 Å². The summed E-state index contributed by atoms with van der Waals surface area (Å²) in [4.78, 5) is 10.9. The highest BCUT2D eigenvalue weighted by Crippen LogP contribution is 2.26. The first-order valence-electron chi connectivity index (χ1n) is 4.18. The van der Waals surface area contributed by atoms with Gasteiger partial charge in [-0.15, -0.1) is 0 Å². The van der Waals surface area contributed by atoms with Crippen LogP contribution in [-0.4, -0.2) is 5.78 Å². The van der Waals surface area contributed by atoms with Crippen LogP contribution in [0, 0.1) is 5.92 Å². The Morgan fingerprint density at radius 3 is 2.80 bits per heavy atom. The summed E-state index contributed by atoms with van der Waals surface area (Å²) in [7, 11) is 0. The van der Waals surface area contributed by atoms with Gasteiger partial charge in [0.05, 0.1) is 0 Å². The number of hydrogen-bond donors (Lipinski definition) is 0. The monoisotopic (exact) mass is 139 g/mol. The van der Waals surface area contributed by atoms with Crippen LogP contribution in [0.2, 0.25) is 0 Å². The number of carbonyl (C=O) groups excluding carboxylic acids is 1. The van der Waals surface area contributed by atoms with E-state index in [1.807, 2.05) is 0 Å². The molecule has 10 heavy (non-hydrogen) atoms. The average Bonchev–Trinajstić information content (AvgIpc) is 1.88. The Labute approximate surface area is 62.8 Å². The molecule has 0 aromatic carbocycles. The van der Waals surface area contributed by atoms with Crippen molar-refractivity contribution in [2.24, 2.45) is 0 Å². The summed E-state index contributed by atoms with van der Waals surface area (Å²) in [6, 6.07) is 0. The lowest BCUT2D eigenvalue weighted by molar-refractivity contribution is -0.119. The largest absolute Gasteiger partial charge is 0.300 e. The van der Waals surface area contributed by atoms with Gasteiger partial charge in [-0.2, -0.15) is 0 Å². The van der Waals surface area contributed by atoms with E-state index in [0.717, 1.165) is 19.3 Å². The first-order chi connectivity index (χ1) is 4.83. The number of rotatable bonds is 2. The van der Waals surface area contributed by atoms with Gasteiger partial charge in [-0.3, -0.25) is 4.79 Å². The lowest BCUT2D eigenvalue weighted by Crippen LogP contribution is -2.12. The van der Waals surface area contributed by atoms with Gasteiger partial charge >= 0.3 is 0 Å². The maximum atomic E-state index is 10.9. The first kappa shape index (κ1) is 7.77. The maximum absolute atomic E-state index is 10.9. The Bertz CT molecular complexity index is 116. The molecule has 0 heterocycles. The molecule has 0 aromatic heterocycles. The van der Waals surface area contributed by atoms with E-state index in [1.54, 1.807) is 0 Å². The van der Waals surface area contributed by atoms with E-state index < -0.39 is 0 Å². The minimum atomic E-state index is 0.453. The van der Waals surface area contributed by atoms with Crippen LogP contribution in [-0.2, 0) is 4.79 Å². The smallest absolute Gasteiger partial charge is 0.133 e. The zero-order chi connectivity index (χ0) is 7.40. The van der Waals surface area contributed by atoms with Crippen LogP contribution in [0.5, 0.6) is 0 Å². The van der Waals surface area contributed by atoms with E-state index in [4.69, 9.17) is 0 Å². The van der Waals surface area contributed by atoms with Gasteiger partial charge in [-0.1, -0.05) is 13.3 Å². The van der Waals surface area contributed by atoms with E-state index in [2.05, 4.69) is 6.92 Å². The highest BCUT2D eigenvalue weighted by molar-refractivity contribution is 5.81. The molecular formula is C9H15O. The Kier molecular flexibility index (Phi) is 2.91. The molecule has 1 radical (unpaired) electrons. The van der Waals surface area contributed by atoms with Crippen LogP contribution in [0.1, 0.15) is 45.4 Å². The van der Waals surface area contributed by atoms with Crippen molar-refractivity contribution in [3.63, 3.8) is 0 Å². The van der Waals surface area contributed by atoms with Crippen molar-refractivity contribution in [1.82, 2.24) is 0 Å². The third kappa shape index (κ3) is 2.13. The predicted octanol–water partition coefficient (Wildman–Crippen LogP) is 2.50. The fourth-order valence-electron chi connectivity index (χ4n) is 1.56. The highest BCUT2D eigenvalue weighted by atomic mass is 16.1. The average molecular weight is 139 g/mol. The quantitative estimate of drug-likeness (QED) is 0.574. The number of ketones is 1. The summed E-state index contributed by atoms with van der Waals surface area (Å²) in [5.74, 6) is 1.94. The minimum Gasteiger partial charge on any atom is -0.300 e. The molecular weight excluding hydrogens is 124 g/mol. The van der Waals surface area contributed by atoms with Crippen LogP contribution in [0.4, 0.5) is 0 Å². The van der Waals surface area contributed by atoms with E-state index in [0.29, 0.717) is 5.78 Å². The molecule has 1 aliphatic carbocycles. The Morgan fingerprint density at radius 2 is 2.20 bits per heavy atom. The summed E-state index contributed by atoms with van der Waals surface area (Å²) in [5, 5.41) is 0.